The largest absolute Gasteiger partial charge is 0.335 e. The van der Waals surface area contributed by atoms with Crippen molar-refractivity contribution in [2.45, 2.75) is 17.9 Å². The number of carbonyl (C=O) groups excluding carboxylic acids is 1. The monoisotopic (exact) mass is 343 g/mol. The molecule has 0 aliphatic carbocycles. The Morgan fingerprint density at radius 3 is 2.17 bits per heavy atom. The lowest BCUT2D eigenvalue weighted by Gasteiger charge is -2.24. The maximum Gasteiger partial charge on any atom is 0.246 e. The van der Waals surface area contributed by atoms with Crippen molar-refractivity contribution in [3.8, 4) is 0 Å². The molecule has 2 aromatic carbocycles. The fourth-order valence-corrected chi connectivity index (χ4v) is 2.89. The zero-order chi connectivity index (χ0) is 17.7. The molecule has 2 aromatic rings. The Labute approximate surface area is 143 Å². The Kier molecular flexibility index (Phi) is 5.57. The number of likely N-dealkylation sites (N-methyl/N-ethyl adjacent to an activating group) is 1. The molecule has 0 saturated heterocycles. The summed E-state index contributed by atoms with van der Waals surface area (Å²) in [6, 6.07) is 16.1. The summed E-state index contributed by atoms with van der Waals surface area (Å²) in [6.07, 6.45) is 4.49. The van der Waals surface area contributed by atoms with Gasteiger partial charge in [0, 0.05) is 19.4 Å². The quantitative estimate of drug-likeness (QED) is 0.783. The van der Waals surface area contributed by atoms with E-state index in [9.17, 15) is 13.2 Å². The molecule has 0 aliphatic heterocycles. The van der Waals surface area contributed by atoms with Crippen LogP contribution >= 0.6 is 0 Å². The number of amides is 1. The SMILES string of the molecule is CC(c1ccc(S(C)(=O)=O)cc1)N(C)C(=O)/C=C/c1ccccc1. The lowest BCUT2D eigenvalue weighted by atomic mass is 10.1. The summed E-state index contributed by atoms with van der Waals surface area (Å²) < 4.78 is 23.0. The maximum atomic E-state index is 12.3. The van der Waals surface area contributed by atoms with Crippen molar-refractivity contribution >= 4 is 21.8 Å². The predicted octanol–water partition coefficient (Wildman–Crippen LogP) is 3.32. The van der Waals surface area contributed by atoms with Crippen molar-refractivity contribution in [1.29, 1.82) is 0 Å². The molecule has 126 valence electrons. The van der Waals surface area contributed by atoms with Gasteiger partial charge < -0.3 is 4.90 Å². The van der Waals surface area contributed by atoms with Gasteiger partial charge in [0.05, 0.1) is 10.9 Å². The highest BCUT2D eigenvalue weighted by Gasteiger charge is 2.16. The Bertz CT molecular complexity index is 825. The number of benzene rings is 2. The molecule has 1 unspecified atom stereocenters. The van der Waals surface area contributed by atoms with E-state index < -0.39 is 9.84 Å². The van der Waals surface area contributed by atoms with Crippen molar-refractivity contribution in [1.82, 2.24) is 4.90 Å². The zero-order valence-electron chi connectivity index (χ0n) is 14.0. The van der Waals surface area contributed by atoms with Gasteiger partial charge in [-0.05, 0) is 36.3 Å². The third-order valence-corrected chi connectivity index (χ3v) is 5.07. The first-order chi connectivity index (χ1) is 11.3. The van der Waals surface area contributed by atoms with E-state index in [0.717, 1.165) is 11.1 Å². The normalized spacial score (nSPS) is 13.0. The minimum Gasteiger partial charge on any atom is -0.335 e. The van der Waals surface area contributed by atoms with Crippen LogP contribution in [0, 0.1) is 0 Å². The molecule has 0 spiro atoms. The Morgan fingerprint density at radius 2 is 1.62 bits per heavy atom. The highest BCUT2D eigenvalue weighted by atomic mass is 32.2. The average molecular weight is 343 g/mol. The summed E-state index contributed by atoms with van der Waals surface area (Å²) in [7, 11) is -1.48. The van der Waals surface area contributed by atoms with Gasteiger partial charge in [-0.25, -0.2) is 8.42 Å². The number of rotatable bonds is 5. The first-order valence-electron chi connectivity index (χ1n) is 7.59. The zero-order valence-corrected chi connectivity index (χ0v) is 14.8. The fourth-order valence-electron chi connectivity index (χ4n) is 2.26. The van der Waals surface area contributed by atoms with Crippen LogP contribution in [-0.2, 0) is 14.6 Å². The second-order valence-electron chi connectivity index (χ2n) is 5.71. The standard InChI is InChI=1S/C19H21NO3S/c1-15(17-10-12-18(13-11-17)24(3,22)23)20(2)19(21)14-9-16-7-5-4-6-8-16/h4-15H,1-3H3/b14-9+. The lowest BCUT2D eigenvalue weighted by Crippen LogP contribution is -2.28. The van der Waals surface area contributed by atoms with Crippen LogP contribution in [0.1, 0.15) is 24.1 Å². The predicted molar refractivity (Wildman–Crippen MR) is 96.2 cm³/mol. The van der Waals surface area contributed by atoms with Crippen LogP contribution in [0.4, 0.5) is 0 Å². The van der Waals surface area contributed by atoms with Crippen LogP contribution in [0.25, 0.3) is 6.08 Å². The van der Waals surface area contributed by atoms with Gasteiger partial charge in [0.2, 0.25) is 5.91 Å². The van der Waals surface area contributed by atoms with Gasteiger partial charge in [-0.2, -0.15) is 0 Å². The summed E-state index contributed by atoms with van der Waals surface area (Å²) in [6.45, 7) is 1.91. The minimum atomic E-state index is -3.21. The van der Waals surface area contributed by atoms with Crippen molar-refractivity contribution < 1.29 is 13.2 Å². The maximum absolute atomic E-state index is 12.3. The van der Waals surface area contributed by atoms with E-state index in [-0.39, 0.29) is 16.8 Å². The molecule has 0 fully saturated rings. The van der Waals surface area contributed by atoms with Gasteiger partial charge in [-0.3, -0.25) is 4.79 Å². The molecule has 0 aromatic heterocycles. The van der Waals surface area contributed by atoms with Gasteiger partial charge >= 0.3 is 0 Å². The number of carbonyl (C=O) groups is 1. The van der Waals surface area contributed by atoms with E-state index in [1.54, 1.807) is 42.3 Å². The summed E-state index contributed by atoms with van der Waals surface area (Å²) in [5.41, 5.74) is 1.84. The molecule has 0 N–H and O–H groups in total. The van der Waals surface area contributed by atoms with E-state index in [0.29, 0.717) is 0 Å². The smallest absolute Gasteiger partial charge is 0.246 e. The van der Waals surface area contributed by atoms with Gasteiger partial charge in [0.1, 0.15) is 0 Å². The van der Waals surface area contributed by atoms with E-state index in [2.05, 4.69) is 0 Å². The van der Waals surface area contributed by atoms with Crippen LogP contribution < -0.4 is 0 Å². The molecular weight excluding hydrogens is 322 g/mol. The van der Waals surface area contributed by atoms with Gasteiger partial charge in [-0.1, -0.05) is 42.5 Å². The fraction of sp³-hybridized carbons (Fsp3) is 0.211. The second-order valence-corrected chi connectivity index (χ2v) is 7.73. The van der Waals surface area contributed by atoms with Gasteiger partial charge in [0.15, 0.2) is 9.84 Å². The summed E-state index contributed by atoms with van der Waals surface area (Å²) >= 11 is 0. The Balaban J connectivity index is 2.09. The van der Waals surface area contributed by atoms with Crippen LogP contribution in [-0.4, -0.2) is 32.5 Å². The van der Waals surface area contributed by atoms with Gasteiger partial charge in [-0.15, -0.1) is 0 Å². The van der Waals surface area contributed by atoms with Crippen molar-refractivity contribution in [2.75, 3.05) is 13.3 Å². The Morgan fingerprint density at radius 1 is 1.04 bits per heavy atom. The molecule has 1 atom stereocenters. The van der Waals surface area contributed by atoms with E-state index in [1.165, 1.54) is 12.3 Å². The summed E-state index contributed by atoms with van der Waals surface area (Å²) in [4.78, 5) is 14.2. The molecule has 0 radical (unpaired) electrons. The lowest BCUT2D eigenvalue weighted by molar-refractivity contribution is -0.126. The Hall–Kier alpha value is -2.40. The number of sulfone groups is 1. The first-order valence-corrected chi connectivity index (χ1v) is 9.48. The van der Waals surface area contributed by atoms with Crippen LogP contribution in [0.15, 0.2) is 65.6 Å². The van der Waals surface area contributed by atoms with E-state index in [4.69, 9.17) is 0 Å². The highest BCUT2D eigenvalue weighted by Crippen LogP contribution is 2.21. The van der Waals surface area contributed by atoms with E-state index >= 15 is 0 Å². The molecule has 0 heterocycles. The number of hydrogen-bond acceptors (Lipinski definition) is 3. The van der Waals surface area contributed by atoms with Crippen LogP contribution in [0.2, 0.25) is 0 Å². The summed E-state index contributed by atoms with van der Waals surface area (Å²) in [5.74, 6) is -0.112. The summed E-state index contributed by atoms with van der Waals surface area (Å²) in [5, 5.41) is 0. The van der Waals surface area contributed by atoms with Crippen LogP contribution in [0.3, 0.4) is 0 Å². The van der Waals surface area contributed by atoms with Gasteiger partial charge in [0.25, 0.3) is 0 Å². The molecule has 0 bridgehead atoms. The molecular formula is C19H21NO3S. The number of nitrogens with zero attached hydrogens (tertiary/aromatic N) is 1. The third kappa shape index (κ3) is 4.55. The van der Waals surface area contributed by atoms with Crippen molar-refractivity contribution in [3.63, 3.8) is 0 Å². The first kappa shape index (κ1) is 17.9. The van der Waals surface area contributed by atoms with Crippen LogP contribution in [0.5, 0.6) is 0 Å². The number of hydrogen-bond donors (Lipinski definition) is 0. The molecule has 0 aliphatic rings. The molecule has 2 rings (SSSR count). The topological polar surface area (TPSA) is 54.5 Å². The average Bonchev–Trinajstić information content (AvgIpc) is 2.58. The highest BCUT2D eigenvalue weighted by molar-refractivity contribution is 7.90. The second kappa shape index (κ2) is 7.45. The third-order valence-electron chi connectivity index (χ3n) is 3.94. The minimum absolute atomic E-state index is 0.112. The van der Waals surface area contributed by atoms with Crippen molar-refractivity contribution in [3.05, 3.63) is 71.8 Å². The molecule has 5 heteroatoms. The molecule has 24 heavy (non-hydrogen) atoms. The molecule has 0 saturated carbocycles. The van der Waals surface area contributed by atoms with E-state index in [1.807, 2.05) is 37.3 Å². The molecule has 1 amide bonds. The molecule has 4 nitrogen and oxygen atoms in total. The van der Waals surface area contributed by atoms with Crippen molar-refractivity contribution in [2.24, 2.45) is 0 Å².